The highest BCUT2D eigenvalue weighted by molar-refractivity contribution is 6.30. The Morgan fingerprint density at radius 1 is 1.19 bits per heavy atom. The molecule has 1 aliphatic rings. The predicted molar refractivity (Wildman–Crippen MR) is 99.5 cm³/mol. The molecule has 3 aromatic rings. The molecule has 0 unspecified atom stereocenters. The van der Waals surface area contributed by atoms with Crippen molar-refractivity contribution < 1.29 is 19.0 Å². The van der Waals surface area contributed by atoms with E-state index in [0.29, 0.717) is 27.9 Å². The number of para-hydroxylation sites is 3. The van der Waals surface area contributed by atoms with Crippen molar-refractivity contribution >= 4 is 17.6 Å². The first kappa shape index (κ1) is 17.4. The number of nitrogens with zero attached hydrogens (tertiary/aromatic N) is 2. The van der Waals surface area contributed by atoms with Crippen LogP contribution in [0.2, 0.25) is 5.15 Å². The number of aryl methyl sites for hydroxylation is 1. The molecule has 0 saturated heterocycles. The minimum absolute atomic E-state index is 0.0117. The molecule has 0 radical (unpaired) electrons. The van der Waals surface area contributed by atoms with Crippen molar-refractivity contribution in [3.63, 3.8) is 0 Å². The van der Waals surface area contributed by atoms with E-state index in [4.69, 9.17) is 25.8 Å². The quantitative estimate of drug-likeness (QED) is 0.641. The van der Waals surface area contributed by atoms with E-state index in [0.717, 1.165) is 5.69 Å². The maximum absolute atomic E-state index is 12.4. The van der Waals surface area contributed by atoms with Crippen molar-refractivity contribution in [2.24, 2.45) is 0 Å². The zero-order valence-electron chi connectivity index (χ0n) is 14.6. The zero-order valence-corrected chi connectivity index (χ0v) is 15.3. The van der Waals surface area contributed by atoms with Crippen LogP contribution in [0.25, 0.3) is 5.69 Å². The molecule has 0 aliphatic carbocycles. The number of hydrogen-bond acceptors (Lipinski definition) is 5. The Hall–Kier alpha value is -2.99. The molecular formula is C20H17ClN2O4. The Labute approximate surface area is 161 Å². The molecule has 6 nitrogen and oxygen atoms in total. The SMILES string of the molecule is Cc1nn(-c2ccccc2)c(Cl)c1COC(=O)[C@@H]1COc2ccccc2O1. The molecule has 0 amide bonds. The fraction of sp³-hybridized carbons (Fsp3) is 0.200. The van der Waals surface area contributed by atoms with Gasteiger partial charge in [-0.15, -0.1) is 0 Å². The highest BCUT2D eigenvalue weighted by Gasteiger charge is 2.29. The Balaban J connectivity index is 1.45. The average molecular weight is 385 g/mol. The molecule has 2 aromatic carbocycles. The summed E-state index contributed by atoms with van der Waals surface area (Å²) in [5.74, 6) is 0.633. The molecule has 138 valence electrons. The normalized spacial score (nSPS) is 15.4. The lowest BCUT2D eigenvalue weighted by Crippen LogP contribution is -2.37. The minimum atomic E-state index is -0.817. The van der Waals surface area contributed by atoms with E-state index in [1.807, 2.05) is 49.4 Å². The second-order valence-corrected chi connectivity index (χ2v) is 6.43. The molecule has 1 aliphatic heterocycles. The molecule has 0 saturated carbocycles. The number of benzene rings is 2. The van der Waals surface area contributed by atoms with Crippen molar-refractivity contribution in [3.8, 4) is 17.2 Å². The minimum Gasteiger partial charge on any atom is -0.485 e. The molecule has 1 aromatic heterocycles. The van der Waals surface area contributed by atoms with Gasteiger partial charge in [0.2, 0.25) is 6.10 Å². The van der Waals surface area contributed by atoms with E-state index in [2.05, 4.69) is 5.10 Å². The highest BCUT2D eigenvalue weighted by Crippen LogP contribution is 2.31. The second-order valence-electron chi connectivity index (χ2n) is 6.07. The van der Waals surface area contributed by atoms with Gasteiger partial charge in [0.1, 0.15) is 18.4 Å². The van der Waals surface area contributed by atoms with Crippen LogP contribution in [0.3, 0.4) is 0 Å². The van der Waals surface area contributed by atoms with Gasteiger partial charge < -0.3 is 14.2 Å². The summed E-state index contributed by atoms with van der Waals surface area (Å²) in [5, 5.41) is 4.85. The van der Waals surface area contributed by atoms with Gasteiger partial charge in [0.05, 0.1) is 11.4 Å². The van der Waals surface area contributed by atoms with Crippen molar-refractivity contribution in [1.82, 2.24) is 9.78 Å². The van der Waals surface area contributed by atoms with Gasteiger partial charge in [0.25, 0.3) is 0 Å². The summed E-state index contributed by atoms with van der Waals surface area (Å²) < 4.78 is 18.2. The maximum atomic E-state index is 12.4. The van der Waals surface area contributed by atoms with Gasteiger partial charge in [-0.05, 0) is 31.2 Å². The third-order valence-electron chi connectivity index (χ3n) is 4.25. The van der Waals surface area contributed by atoms with Gasteiger partial charge in [0, 0.05) is 5.56 Å². The van der Waals surface area contributed by atoms with Crippen molar-refractivity contribution in [2.45, 2.75) is 19.6 Å². The topological polar surface area (TPSA) is 62.6 Å². The van der Waals surface area contributed by atoms with Crippen molar-refractivity contribution in [2.75, 3.05) is 6.61 Å². The van der Waals surface area contributed by atoms with Crippen LogP contribution in [0.1, 0.15) is 11.3 Å². The van der Waals surface area contributed by atoms with Crippen molar-refractivity contribution in [3.05, 3.63) is 71.0 Å². The summed E-state index contributed by atoms with van der Waals surface area (Å²) in [7, 11) is 0. The third kappa shape index (κ3) is 3.48. The Morgan fingerprint density at radius 2 is 1.89 bits per heavy atom. The van der Waals surface area contributed by atoms with Crippen LogP contribution in [-0.4, -0.2) is 28.5 Å². The summed E-state index contributed by atoms with van der Waals surface area (Å²) in [4.78, 5) is 12.4. The lowest BCUT2D eigenvalue weighted by atomic mass is 10.2. The predicted octanol–water partition coefficient (Wildman–Crippen LogP) is 3.72. The fourth-order valence-corrected chi connectivity index (χ4v) is 3.13. The molecule has 27 heavy (non-hydrogen) atoms. The highest BCUT2D eigenvalue weighted by atomic mass is 35.5. The van der Waals surface area contributed by atoms with Crippen molar-refractivity contribution in [1.29, 1.82) is 0 Å². The van der Waals surface area contributed by atoms with Crippen LogP contribution in [0, 0.1) is 6.92 Å². The Kier molecular flexibility index (Phi) is 4.73. The number of carbonyl (C=O) groups excluding carboxylic acids is 1. The van der Waals surface area contributed by atoms with Crippen LogP contribution >= 0.6 is 11.6 Å². The summed E-state index contributed by atoms with van der Waals surface area (Å²) in [5.41, 5.74) is 2.19. The van der Waals surface area contributed by atoms with E-state index in [9.17, 15) is 4.79 Å². The maximum Gasteiger partial charge on any atom is 0.351 e. The van der Waals surface area contributed by atoms with Gasteiger partial charge in [-0.25, -0.2) is 9.48 Å². The number of esters is 1. The van der Waals surface area contributed by atoms with E-state index in [1.54, 1.807) is 16.8 Å². The average Bonchev–Trinajstić information content (AvgIpc) is 3.00. The molecule has 0 N–H and O–H groups in total. The van der Waals surface area contributed by atoms with Gasteiger partial charge in [-0.1, -0.05) is 41.9 Å². The number of carbonyl (C=O) groups is 1. The molecule has 7 heteroatoms. The summed E-state index contributed by atoms with van der Waals surface area (Å²) in [6.45, 7) is 1.94. The lowest BCUT2D eigenvalue weighted by molar-refractivity contribution is -0.155. The number of aromatic nitrogens is 2. The van der Waals surface area contributed by atoms with Crippen LogP contribution in [0.5, 0.6) is 11.5 Å². The summed E-state index contributed by atoms with van der Waals surface area (Å²) in [6, 6.07) is 16.7. The van der Waals surface area contributed by atoms with Crippen LogP contribution < -0.4 is 9.47 Å². The number of fused-ring (bicyclic) bond motifs is 1. The summed E-state index contributed by atoms with van der Waals surface area (Å²) in [6.07, 6.45) is -0.817. The molecule has 2 heterocycles. The monoisotopic (exact) mass is 384 g/mol. The molecule has 1 atom stereocenters. The van der Waals surface area contributed by atoms with Crippen LogP contribution in [-0.2, 0) is 16.1 Å². The fourth-order valence-electron chi connectivity index (χ4n) is 2.81. The van der Waals surface area contributed by atoms with E-state index in [1.165, 1.54) is 0 Å². The third-order valence-corrected chi connectivity index (χ3v) is 4.64. The molecular weight excluding hydrogens is 368 g/mol. The van der Waals surface area contributed by atoms with E-state index >= 15 is 0 Å². The second kappa shape index (κ2) is 7.32. The van der Waals surface area contributed by atoms with Gasteiger partial charge >= 0.3 is 5.97 Å². The van der Waals surface area contributed by atoms with E-state index in [-0.39, 0.29) is 13.2 Å². The number of rotatable bonds is 4. The summed E-state index contributed by atoms with van der Waals surface area (Å²) >= 11 is 6.45. The first-order chi connectivity index (χ1) is 13.1. The Morgan fingerprint density at radius 3 is 2.67 bits per heavy atom. The molecule has 4 rings (SSSR count). The van der Waals surface area contributed by atoms with Crippen LogP contribution in [0.4, 0.5) is 0 Å². The zero-order chi connectivity index (χ0) is 18.8. The van der Waals surface area contributed by atoms with Gasteiger partial charge in [-0.3, -0.25) is 0 Å². The number of hydrogen-bond donors (Lipinski definition) is 0. The first-order valence-corrected chi connectivity index (χ1v) is 8.86. The Bertz CT molecular complexity index is 971. The molecule has 0 bridgehead atoms. The first-order valence-electron chi connectivity index (χ1n) is 8.48. The lowest BCUT2D eigenvalue weighted by Gasteiger charge is -2.24. The molecule has 0 spiro atoms. The smallest absolute Gasteiger partial charge is 0.351 e. The number of halogens is 1. The van der Waals surface area contributed by atoms with Gasteiger partial charge in [0.15, 0.2) is 11.5 Å². The van der Waals surface area contributed by atoms with E-state index < -0.39 is 12.1 Å². The van der Waals surface area contributed by atoms with Crippen LogP contribution in [0.15, 0.2) is 54.6 Å². The molecule has 0 fully saturated rings. The largest absolute Gasteiger partial charge is 0.485 e. The van der Waals surface area contributed by atoms with Gasteiger partial charge in [-0.2, -0.15) is 5.10 Å². The number of ether oxygens (including phenoxy) is 3. The standard InChI is InChI=1S/C20H17ClN2O4/c1-13-15(19(21)23(22-13)14-7-3-2-4-8-14)11-26-20(24)18-12-25-16-9-5-6-10-17(16)27-18/h2-10,18H,11-12H2,1H3/t18-/m0/s1.